The van der Waals surface area contributed by atoms with E-state index in [0.717, 1.165) is 31.4 Å². The van der Waals surface area contributed by atoms with E-state index in [4.69, 9.17) is 4.42 Å². The Morgan fingerprint density at radius 3 is 2.84 bits per heavy atom. The Morgan fingerprint density at radius 1 is 1.24 bits per heavy atom. The van der Waals surface area contributed by atoms with Gasteiger partial charge in [0.1, 0.15) is 6.26 Å². The zero-order chi connectivity index (χ0) is 17.3. The van der Waals surface area contributed by atoms with Crippen molar-refractivity contribution in [2.75, 3.05) is 13.1 Å². The highest BCUT2D eigenvalue weighted by Crippen LogP contribution is 2.39. The summed E-state index contributed by atoms with van der Waals surface area (Å²) >= 11 is 0. The molecule has 2 aromatic rings. The SMILES string of the molecule is O=C(c1ccoc1)N1CCC[C@@]2(CCC(=O)N2Cc2ccncc2)C1. The third-order valence-electron chi connectivity index (χ3n) is 5.38. The van der Waals surface area contributed by atoms with E-state index in [0.29, 0.717) is 25.1 Å². The molecule has 0 aliphatic carbocycles. The lowest BCUT2D eigenvalue weighted by atomic mass is 9.86. The van der Waals surface area contributed by atoms with Crippen LogP contribution in [-0.2, 0) is 11.3 Å². The van der Waals surface area contributed by atoms with E-state index in [9.17, 15) is 9.59 Å². The Morgan fingerprint density at radius 2 is 2.08 bits per heavy atom. The van der Waals surface area contributed by atoms with Crippen LogP contribution in [0.4, 0.5) is 0 Å². The molecule has 130 valence electrons. The first-order chi connectivity index (χ1) is 12.2. The number of hydrogen-bond acceptors (Lipinski definition) is 4. The topological polar surface area (TPSA) is 66.7 Å². The third kappa shape index (κ3) is 2.92. The lowest BCUT2D eigenvalue weighted by molar-refractivity contribution is -0.133. The van der Waals surface area contributed by atoms with E-state index in [1.165, 1.54) is 12.5 Å². The first kappa shape index (κ1) is 15.9. The maximum absolute atomic E-state index is 12.7. The van der Waals surface area contributed by atoms with Gasteiger partial charge in [0.2, 0.25) is 5.91 Å². The number of likely N-dealkylation sites (tertiary alicyclic amines) is 2. The molecular weight excluding hydrogens is 318 g/mol. The number of carbonyl (C=O) groups is 2. The molecule has 2 aliphatic heterocycles. The fourth-order valence-corrected chi connectivity index (χ4v) is 4.08. The van der Waals surface area contributed by atoms with Crippen LogP contribution in [0.25, 0.3) is 0 Å². The summed E-state index contributed by atoms with van der Waals surface area (Å²) in [6, 6.07) is 5.57. The minimum absolute atomic E-state index is 0.0176. The average Bonchev–Trinajstić information content (AvgIpc) is 3.27. The molecule has 1 spiro atoms. The van der Waals surface area contributed by atoms with Gasteiger partial charge >= 0.3 is 0 Å². The Kier molecular flexibility index (Phi) is 4.03. The second kappa shape index (κ2) is 6.35. The molecule has 2 saturated heterocycles. The number of amides is 2. The molecule has 0 unspecified atom stereocenters. The second-order valence-electron chi connectivity index (χ2n) is 6.90. The fraction of sp³-hybridized carbons (Fsp3) is 0.421. The van der Waals surface area contributed by atoms with Gasteiger partial charge in [-0.2, -0.15) is 0 Å². The summed E-state index contributed by atoms with van der Waals surface area (Å²) in [5, 5.41) is 0. The van der Waals surface area contributed by atoms with Crippen LogP contribution in [0.3, 0.4) is 0 Å². The lowest BCUT2D eigenvalue weighted by Crippen LogP contribution is -2.57. The summed E-state index contributed by atoms with van der Waals surface area (Å²) in [6.45, 7) is 1.89. The number of hydrogen-bond donors (Lipinski definition) is 0. The summed E-state index contributed by atoms with van der Waals surface area (Å²) in [5.74, 6) is 0.158. The lowest BCUT2D eigenvalue weighted by Gasteiger charge is -2.46. The minimum Gasteiger partial charge on any atom is -0.472 e. The summed E-state index contributed by atoms with van der Waals surface area (Å²) in [4.78, 5) is 33.1. The molecule has 2 aliphatic rings. The molecule has 2 amide bonds. The van der Waals surface area contributed by atoms with Crippen LogP contribution < -0.4 is 0 Å². The van der Waals surface area contributed by atoms with Crippen molar-refractivity contribution in [3.8, 4) is 0 Å². The molecule has 4 heterocycles. The molecule has 0 radical (unpaired) electrons. The molecule has 6 nitrogen and oxygen atoms in total. The second-order valence-corrected chi connectivity index (χ2v) is 6.90. The summed E-state index contributed by atoms with van der Waals surface area (Å²) < 4.78 is 5.04. The monoisotopic (exact) mass is 339 g/mol. The molecule has 0 N–H and O–H groups in total. The fourth-order valence-electron chi connectivity index (χ4n) is 4.08. The van der Waals surface area contributed by atoms with Gasteiger partial charge in [-0.25, -0.2) is 0 Å². The predicted octanol–water partition coefficient (Wildman–Crippen LogP) is 2.47. The van der Waals surface area contributed by atoms with E-state index in [1.807, 2.05) is 21.9 Å². The van der Waals surface area contributed by atoms with E-state index in [2.05, 4.69) is 4.98 Å². The highest BCUT2D eigenvalue weighted by atomic mass is 16.3. The van der Waals surface area contributed by atoms with Crippen LogP contribution in [0.2, 0.25) is 0 Å². The normalized spacial score (nSPS) is 23.4. The van der Waals surface area contributed by atoms with Gasteiger partial charge in [0.15, 0.2) is 0 Å². The Balaban J connectivity index is 1.56. The quantitative estimate of drug-likeness (QED) is 0.861. The largest absolute Gasteiger partial charge is 0.472 e. The van der Waals surface area contributed by atoms with Crippen molar-refractivity contribution in [3.05, 3.63) is 54.2 Å². The van der Waals surface area contributed by atoms with Crippen molar-refractivity contribution in [3.63, 3.8) is 0 Å². The minimum atomic E-state index is -0.252. The molecule has 25 heavy (non-hydrogen) atoms. The smallest absolute Gasteiger partial charge is 0.257 e. The van der Waals surface area contributed by atoms with E-state index in [-0.39, 0.29) is 17.4 Å². The molecule has 2 fully saturated rings. The molecule has 0 aromatic carbocycles. The molecule has 6 heteroatoms. The molecular formula is C19H21N3O3. The van der Waals surface area contributed by atoms with Gasteiger partial charge in [-0.05, 0) is 43.0 Å². The highest BCUT2D eigenvalue weighted by Gasteiger charge is 2.48. The molecule has 1 atom stereocenters. The van der Waals surface area contributed by atoms with Gasteiger partial charge in [-0.3, -0.25) is 14.6 Å². The van der Waals surface area contributed by atoms with Gasteiger partial charge in [0.25, 0.3) is 5.91 Å². The maximum Gasteiger partial charge on any atom is 0.257 e. The molecule has 2 aromatic heterocycles. The van der Waals surface area contributed by atoms with Crippen molar-refractivity contribution >= 4 is 11.8 Å². The van der Waals surface area contributed by atoms with Crippen molar-refractivity contribution < 1.29 is 14.0 Å². The number of carbonyl (C=O) groups excluding carboxylic acids is 2. The zero-order valence-corrected chi connectivity index (χ0v) is 14.1. The Labute approximate surface area is 146 Å². The van der Waals surface area contributed by atoms with Crippen LogP contribution in [0, 0.1) is 0 Å². The predicted molar refractivity (Wildman–Crippen MR) is 90.6 cm³/mol. The van der Waals surface area contributed by atoms with Crippen LogP contribution in [-0.4, -0.2) is 45.2 Å². The standard InChI is InChI=1S/C19H21N3O3/c23-17-2-7-19(22(17)12-15-3-8-20-9-4-15)6-1-10-21(14-19)18(24)16-5-11-25-13-16/h3-5,8-9,11,13H,1-2,6-7,10,12,14H2/t19-/m1/s1. The van der Waals surface area contributed by atoms with Crippen LogP contribution in [0.1, 0.15) is 41.6 Å². The number of piperidine rings is 1. The number of furan rings is 1. The van der Waals surface area contributed by atoms with E-state index in [1.54, 1.807) is 18.5 Å². The molecule has 0 bridgehead atoms. The van der Waals surface area contributed by atoms with Gasteiger partial charge in [-0.1, -0.05) is 0 Å². The van der Waals surface area contributed by atoms with Gasteiger partial charge in [0, 0.05) is 38.4 Å². The summed E-state index contributed by atoms with van der Waals surface area (Å²) in [7, 11) is 0. The Hall–Kier alpha value is -2.63. The number of aromatic nitrogens is 1. The summed E-state index contributed by atoms with van der Waals surface area (Å²) in [6.07, 6.45) is 9.71. The summed E-state index contributed by atoms with van der Waals surface area (Å²) in [5.41, 5.74) is 1.39. The number of pyridine rings is 1. The maximum atomic E-state index is 12.7. The van der Waals surface area contributed by atoms with Gasteiger partial charge < -0.3 is 14.2 Å². The van der Waals surface area contributed by atoms with Crippen molar-refractivity contribution in [2.24, 2.45) is 0 Å². The number of rotatable bonds is 3. The van der Waals surface area contributed by atoms with Crippen LogP contribution in [0.5, 0.6) is 0 Å². The zero-order valence-electron chi connectivity index (χ0n) is 14.1. The molecule has 4 rings (SSSR count). The molecule has 0 saturated carbocycles. The Bertz CT molecular complexity index is 759. The first-order valence-corrected chi connectivity index (χ1v) is 8.69. The first-order valence-electron chi connectivity index (χ1n) is 8.69. The van der Waals surface area contributed by atoms with E-state index < -0.39 is 0 Å². The van der Waals surface area contributed by atoms with Crippen LogP contribution in [0.15, 0.2) is 47.5 Å². The third-order valence-corrected chi connectivity index (χ3v) is 5.38. The average molecular weight is 339 g/mol. The van der Waals surface area contributed by atoms with Crippen molar-refractivity contribution in [1.82, 2.24) is 14.8 Å². The van der Waals surface area contributed by atoms with Gasteiger partial charge in [0.05, 0.1) is 17.4 Å². The van der Waals surface area contributed by atoms with Gasteiger partial charge in [-0.15, -0.1) is 0 Å². The highest BCUT2D eigenvalue weighted by molar-refractivity contribution is 5.94. The van der Waals surface area contributed by atoms with Crippen molar-refractivity contribution in [2.45, 2.75) is 37.8 Å². The van der Waals surface area contributed by atoms with Crippen molar-refractivity contribution in [1.29, 1.82) is 0 Å². The number of nitrogens with zero attached hydrogens (tertiary/aromatic N) is 3. The van der Waals surface area contributed by atoms with E-state index >= 15 is 0 Å². The van der Waals surface area contributed by atoms with Crippen LogP contribution >= 0.6 is 0 Å².